The predicted molar refractivity (Wildman–Crippen MR) is 196 cm³/mol. The summed E-state index contributed by atoms with van der Waals surface area (Å²) in [5, 5.41) is 9.04. The SMILES string of the molecule is CCCN(C(=O)c1cccc(NC(=O)COc2ccc(C(C)(C)CC)cc2C(C)(C)CC)c1)C1=NN(c2c(Cl)cc(Cl)cc2Cl)C(=O)C1. The van der Waals surface area contributed by atoms with Crippen molar-refractivity contribution in [1.29, 1.82) is 0 Å². The highest BCUT2D eigenvalue weighted by molar-refractivity contribution is 6.42. The van der Waals surface area contributed by atoms with E-state index in [9.17, 15) is 14.4 Å². The third-order valence-electron chi connectivity index (χ3n) is 8.97. The topological polar surface area (TPSA) is 91.3 Å². The molecule has 256 valence electrons. The minimum absolute atomic E-state index is 0.0149. The lowest BCUT2D eigenvalue weighted by atomic mass is 9.76. The summed E-state index contributed by atoms with van der Waals surface area (Å²) in [5.41, 5.74) is 3.11. The number of nitrogens with zero attached hydrogens (tertiary/aromatic N) is 3. The molecule has 0 fully saturated rings. The van der Waals surface area contributed by atoms with Gasteiger partial charge in [0.2, 0.25) is 0 Å². The largest absolute Gasteiger partial charge is 0.483 e. The molecule has 0 saturated heterocycles. The maximum atomic E-state index is 13.8. The molecule has 0 radical (unpaired) electrons. The van der Waals surface area contributed by atoms with Gasteiger partial charge >= 0.3 is 0 Å². The van der Waals surface area contributed by atoms with Crippen molar-refractivity contribution in [2.75, 3.05) is 23.5 Å². The molecular weight excluding hydrogens is 671 g/mol. The van der Waals surface area contributed by atoms with E-state index >= 15 is 0 Å². The average molecular weight is 714 g/mol. The van der Waals surface area contributed by atoms with E-state index in [2.05, 4.69) is 64.1 Å². The number of anilines is 2. The van der Waals surface area contributed by atoms with Crippen LogP contribution in [-0.2, 0) is 20.4 Å². The molecule has 1 aliphatic rings. The van der Waals surface area contributed by atoms with Crippen molar-refractivity contribution in [1.82, 2.24) is 4.90 Å². The van der Waals surface area contributed by atoms with Gasteiger partial charge in [-0.2, -0.15) is 10.1 Å². The minimum atomic E-state index is -0.389. The van der Waals surface area contributed by atoms with Gasteiger partial charge in [-0.25, -0.2) is 0 Å². The van der Waals surface area contributed by atoms with Crippen LogP contribution >= 0.6 is 34.8 Å². The van der Waals surface area contributed by atoms with Gasteiger partial charge in [0.15, 0.2) is 6.61 Å². The van der Waals surface area contributed by atoms with E-state index in [-0.39, 0.29) is 63.1 Å². The summed E-state index contributed by atoms with van der Waals surface area (Å²) in [4.78, 5) is 41.3. The highest BCUT2D eigenvalue weighted by atomic mass is 35.5. The molecule has 11 heteroatoms. The average Bonchev–Trinajstić information content (AvgIpc) is 3.41. The van der Waals surface area contributed by atoms with Crippen LogP contribution in [0.15, 0.2) is 59.7 Å². The summed E-state index contributed by atoms with van der Waals surface area (Å²) in [6.07, 6.45) is 2.39. The van der Waals surface area contributed by atoms with Crippen molar-refractivity contribution in [3.05, 3.63) is 86.4 Å². The van der Waals surface area contributed by atoms with E-state index < -0.39 is 0 Å². The Hall–Kier alpha value is -3.59. The summed E-state index contributed by atoms with van der Waals surface area (Å²) >= 11 is 18.7. The van der Waals surface area contributed by atoms with Crippen LogP contribution in [0.2, 0.25) is 15.1 Å². The third kappa shape index (κ3) is 8.33. The van der Waals surface area contributed by atoms with Crippen molar-refractivity contribution in [2.45, 2.75) is 85.0 Å². The van der Waals surface area contributed by atoms with Gasteiger partial charge in [-0.3, -0.25) is 19.3 Å². The van der Waals surface area contributed by atoms with E-state index in [1.807, 2.05) is 13.0 Å². The van der Waals surface area contributed by atoms with Crippen LogP contribution in [-0.4, -0.2) is 41.6 Å². The van der Waals surface area contributed by atoms with Crippen LogP contribution in [0.25, 0.3) is 0 Å². The lowest BCUT2D eigenvalue weighted by Gasteiger charge is -2.30. The molecule has 8 nitrogen and oxygen atoms in total. The number of benzene rings is 3. The lowest BCUT2D eigenvalue weighted by Crippen LogP contribution is -2.37. The molecule has 0 aromatic heterocycles. The molecule has 0 atom stereocenters. The Morgan fingerprint density at radius 1 is 0.938 bits per heavy atom. The molecule has 3 aromatic carbocycles. The Balaban J connectivity index is 1.51. The Kier molecular flexibility index (Phi) is 11.9. The summed E-state index contributed by atoms with van der Waals surface area (Å²) in [6.45, 7) is 15.2. The molecule has 0 saturated carbocycles. The number of halogens is 3. The number of carbonyl (C=O) groups excluding carboxylic acids is 3. The number of hydrogen-bond donors (Lipinski definition) is 1. The molecule has 1 N–H and O–H groups in total. The second-order valence-corrected chi connectivity index (χ2v) is 14.4. The van der Waals surface area contributed by atoms with E-state index in [1.165, 1.54) is 22.6 Å². The van der Waals surface area contributed by atoms with Gasteiger partial charge in [0, 0.05) is 28.4 Å². The first-order chi connectivity index (χ1) is 22.6. The standard InChI is InChI=1S/C37H43Cl3N4O4/c1-8-16-43(31-21-33(46)44(42-31)34-28(39)19-25(38)20-29(34)40)35(47)23-12-11-13-26(17-23)41-32(45)22-48-30-15-14-24(36(4,5)9-2)18-27(30)37(6,7)10-3/h11-15,17-20H,8-10,16,21-22H2,1-7H3,(H,41,45). The summed E-state index contributed by atoms with van der Waals surface area (Å²) in [5.74, 6) is -0.182. The number of amidine groups is 1. The second kappa shape index (κ2) is 15.3. The molecule has 48 heavy (non-hydrogen) atoms. The lowest BCUT2D eigenvalue weighted by molar-refractivity contribution is -0.118. The number of nitrogens with one attached hydrogen (secondary N) is 1. The molecule has 1 heterocycles. The van der Waals surface area contributed by atoms with Crippen molar-refractivity contribution >= 4 is 69.7 Å². The Bertz CT molecular complexity index is 1710. The summed E-state index contributed by atoms with van der Waals surface area (Å²) in [7, 11) is 0. The predicted octanol–water partition coefficient (Wildman–Crippen LogP) is 9.64. The van der Waals surface area contributed by atoms with Crippen LogP contribution < -0.4 is 15.1 Å². The van der Waals surface area contributed by atoms with Gasteiger partial charge in [-0.15, -0.1) is 0 Å². The first-order valence-electron chi connectivity index (χ1n) is 16.2. The van der Waals surface area contributed by atoms with Crippen molar-refractivity contribution < 1.29 is 19.1 Å². The van der Waals surface area contributed by atoms with Crippen molar-refractivity contribution in [3.8, 4) is 5.75 Å². The molecule has 4 rings (SSSR count). The monoisotopic (exact) mass is 712 g/mol. The fourth-order valence-corrected chi connectivity index (χ4v) is 6.25. The maximum Gasteiger partial charge on any atom is 0.262 e. The van der Waals surface area contributed by atoms with E-state index in [1.54, 1.807) is 24.3 Å². The zero-order valence-electron chi connectivity index (χ0n) is 28.5. The summed E-state index contributed by atoms with van der Waals surface area (Å²) < 4.78 is 6.09. The zero-order valence-corrected chi connectivity index (χ0v) is 30.8. The second-order valence-electron chi connectivity index (χ2n) is 13.2. The van der Waals surface area contributed by atoms with Crippen LogP contribution in [0.5, 0.6) is 5.75 Å². The van der Waals surface area contributed by atoms with Crippen LogP contribution in [0.4, 0.5) is 11.4 Å². The summed E-state index contributed by atoms with van der Waals surface area (Å²) in [6, 6.07) is 15.8. The normalized spacial score (nSPS) is 13.4. The molecule has 0 spiro atoms. The highest BCUT2D eigenvalue weighted by Gasteiger charge is 2.34. The molecule has 0 bridgehead atoms. The van der Waals surface area contributed by atoms with Gasteiger partial charge in [-0.05, 0) is 72.1 Å². The molecular formula is C37H43Cl3N4O4. The van der Waals surface area contributed by atoms with Gasteiger partial charge in [0.1, 0.15) is 17.3 Å². The third-order valence-corrected chi connectivity index (χ3v) is 9.76. The molecule has 3 amide bonds. The molecule has 3 aromatic rings. The molecule has 0 aliphatic carbocycles. The number of ether oxygens (including phenoxy) is 1. The Morgan fingerprint density at radius 3 is 2.23 bits per heavy atom. The highest BCUT2D eigenvalue weighted by Crippen LogP contribution is 2.40. The number of carbonyl (C=O) groups is 3. The fourth-order valence-electron chi connectivity index (χ4n) is 5.28. The molecule has 1 aliphatic heterocycles. The van der Waals surface area contributed by atoms with Crippen LogP contribution in [0, 0.1) is 0 Å². The fraction of sp³-hybridized carbons (Fsp3) is 0.405. The maximum absolute atomic E-state index is 13.8. The number of hydrazone groups is 1. The van der Waals surface area contributed by atoms with Crippen molar-refractivity contribution in [2.24, 2.45) is 5.10 Å². The van der Waals surface area contributed by atoms with E-state index in [0.29, 0.717) is 35.0 Å². The minimum Gasteiger partial charge on any atom is -0.483 e. The van der Waals surface area contributed by atoms with Crippen molar-refractivity contribution in [3.63, 3.8) is 0 Å². The quantitative estimate of drug-likeness (QED) is 0.202. The van der Waals surface area contributed by atoms with Gasteiger partial charge in [-0.1, -0.05) is 101 Å². The smallest absolute Gasteiger partial charge is 0.262 e. The van der Waals surface area contributed by atoms with E-state index in [0.717, 1.165) is 23.4 Å². The van der Waals surface area contributed by atoms with Gasteiger partial charge in [0.25, 0.3) is 17.7 Å². The number of rotatable bonds is 12. The Labute approximate surface area is 298 Å². The molecule has 0 unspecified atom stereocenters. The van der Waals surface area contributed by atoms with Crippen LogP contribution in [0.1, 0.15) is 95.6 Å². The van der Waals surface area contributed by atoms with Gasteiger partial charge < -0.3 is 10.1 Å². The van der Waals surface area contributed by atoms with Gasteiger partial charge in [0.05, 0.1) is 16.5 Å². The zero-order chi connectivity index (χ0) is 35.4. The van der Waals surface area contributed by atoms with E-state index in [4.69, 9.17) is 39.5 Å². The van der Waals surface area contributed by atoms with Crippen LogP contribution in [0.3, 0.4) is 0 Å². The number of amides is 3. The number of hydrogen-bond acceptors (Lipinski definition) is 5. The Morgan fingerprint density at radius 2 is 1.60 bits per heavy atom. The first-order valence-corrected chi connectivity index (χ1v) is 17.3. The first kappa shape index (κ1) is 37.2.